The summed E-state index contributed by atoms with van der Waals surface area (Å²) < 4.78 is 44.7. The monoisotopic (exact) mass is 399 g/mol. The van der Waals surface area contributed by atoms with Crippen LogP contribution in [0.5, 0.6) is 0 Å². The fourth-order valence-electron chi connectivity index (χ4n) is 3.74. The number of rotatable bonds is 2. The third kappa shape index (κ3) is 3.29. The SMILES string of the molecule is COC(=O)c1ccc2[nH]c3c(c2c1)CN(c1ccc(C#N)c(C(F)(F)F)c1)CC3. The van der Waals surface area contributed by atoms with Crippen LogP contribution in [0.25, 0.3) is 10.9 Å². The van der Waals surface area contributed by atoms with Crippen molar-refractivity contribution in [3.8, 4) is 6.07 Å². The highest BCUT2D eigenvalue weighted by molar-refractivity contribution is 5.96. The van der Waals surface area contributed by atoms with Crippen LogP contribution in [0.3, 0.4) is 0 Å². The van der Waals surface area contributed by atoms with Crippen molar-refractivity contribution in [2.75, 3.05) is 18.6 Å². The summed E-state index contributed by atoms with van der Waals surface area (Å²) in [6, 6.07) is 10.6. The van der Waals surface area contributed by atoms with Gasteiger partial charge >= 0.3 is 12.1 Å². The minimum Gasteiger partial charge on any atom is -0.465 e. The van der Waals surface area contributed by atoms with Crippen LogP contribution in [0.1, 0.15) is 32.7 Å². The molecule has 0 aliphatic carbocycles. The summed E-state index contributed by atoms with van der Waals surface area (Å²) in [7, 11) is 1.31. The minimum atomic E-state index is -4.60. The molecule has 0 atom stereocenters. The lowest BCUT2D eigenvalue weighted by molar-refractivity contribution is -0.137. The molecule has 8 heteroatoms. The second kappa shape index (κ2) is 6.85. The third-order valence-corrected chi connectivity index (χ3v) is 5.19. The number of aromatic amines is 1. The molecule has 0 fully saturated rings. The number of hydrogen-bond acceptors (Lipinski definition) is 4. The maximum atomic E-state index is 13.3. The summed E-state index contributed by atoms with van der Waals surface area (Å²) in [4.78, 5) is 17.0. The van der Waals surface area contributed by atoms with E-state index < -0.39 is 23.3 Å². The number of halogens is 3. The Hall–Kier alpha value is -3.47. The molecule has 0 saturated heterocycles. The number of alkyl halides is 3. The molecule has 0 spiro atoms. The Balaban J connectivity index is 1.73. The number of hydrogen-bond donors (Lipinski definition) is 1. The number of nitrogens with one attached hydrogen (secondary N) is 1. The lowest BCUT2D eigenvalue weighted by Gasteiger charge is -2.30. The first-order valence-corrected chi connectivity index (χ1v) is 8.90. The third-order valence-electron chi connectivity index (χ3n) is 5.19. The summed E-state index contributed by atoms with van der Waals surface area (Å²) >= 11 is 0. The summed E-state index contributed by atoms with van der Waals surface area (Å²) in [6.07, 6.45) is -3.98. The van der Waals surface area contributed by atoms with Crippen molar-refractivity contribution in [2.45, 2.75) is 19.1 Å². The van der Waals surface area contributed by atoms with Gasteiger partial charge in [-0.15, -0.1) is 0 Å². The second-order valence-electron chi connectivity index (χ2n) is 6.85. The first-order chi connectivity index (χ1) is 13.8. The van der Waals surface area contributed by atoms with Crippen molar-refractivity contribution in [3.05, 3.63) is 64.3 Å². The fourth-order valence-corrected chi connectivity index (χ4v) is 3.74. The van der Waals surface area contributed by atoms with Gasteiger partial charge in [0.05, 0.1) is 29.9 Å². The van der Waals surface area contributed by atoms with E-state index in [0.29, 0.717) is 30.8 Å². The van der Waals surface area contributed by atoms with Gasteiger partial charge in [0.2, 0.25) is 0 Å². The first-order valence-electron chi connectivity index (χ1n) is 8.90. The van der Waals surface area contributed by atoms with Crippen LogP contribution >= 0.6 is 0 Å². The fraction of sp³-hybridized carbons (Fsp3) is 0.238. The van der Waals surface area contributed by atoms with Crippen LogP contribution in [0.2, 0.25) is 0 Å². The maximum Gasteiger partial charge on any atom is 0.417 e. The summed E-state index contributed by atoms with van der Waals surface area (Å²) in [5.74, 6) is -0.448. The number of methoxy groups -OCH3 is 1. The topological polar surface area (TPSA) is 69.1 Å². The van der Waals surface area contributed by atoms with Gasteiger partial charge < -0.3 is 14.6 Å². The molecule has 1 aliphatic heterocycles. The van der Waals surface area contributed by atoms with Crippen LogP contribution in [0.4, 0.5) is 18.9 Å². The van der Waals surface area contributed by atoms with E-state index in [1.807, 2.05) is 4.90 Å². The molecule has 2 heterocycles. The number of ether oxygens (including phenoxy) is 1. The Morgan fingerprint density at radius 1 is 1.24 bits per heavy atom. The Kier molecular flexibility index (Phi) is 4.46. The number of aromatic nitrogens is 1. The number of anilines is 1. The number of carbonyl (C=O) groups is 1. The van der Waals surface area contributed by atoms with Gasteiger partial charge in [-0.2, -0.15) is 18.4 Å². The molecule has 148 valence electrons. The highest BCUT2D eigenvalue weighted by atomic mass is 19.4. The van der Waals surface area contributed by atoms with E-state index in [2.05, 4.69) is 4.98 Å². The first kappa shape index (κ1) is 18.9. The van der Waals surface area contributed by atoms with Crippen molar-refractivity contribution >= 4 is 22.6 Å². The zero-order valence-electron chi connectivity index (χ0n) is 15.4. The highest BCUT2D eigenvalue weighted by Crippen LogP contribution is 2.36. The summed E-state index contributed by atoms with van der Waals surface area (Å²) in [6.45, 7) is 0.927. The zero-order valence-corrected chi connectivity index (χ0v) is 15.4. The van der Waals surface area contributed by atoms with Crippen LogP contribution in [0, 0.1) is 11.3 Å². The number of nitrogens with zero attached hydrogens (tertiary/aromatic N) is 2. The largest absolute Gasteiger partial charge is 0.465 e. The minimum absolute atomic E-state index is 0.392. The van der Waals surface area contributed by atoms with Gasteiger partial charge in [-0.3, -0.25) is 0 Å². The van der Waals surface area contributed by atoms with E-state index in [1.165, 1.54) is 19.2 Å². The van der Waals surface area contributed by atoms with E-state index in [4.69, 9.17) is 10.00 Å². The molecule has 3 aromatic rings. The number of benzene rings is 2. The molecule has 5 nitrogen and oxygen atoms in total. The van der Waals surface area contributed by atoms with E-state index in [9.17, 15) is 18.0 Å². The van der Waals surface area contributed by atoms with Crippen molar-refractivity contribution < 1.29 is 22.7 Å². The van der Waals surface area contributed by atoms with Crippen LogP contribution in [0.15, 0.2) is 36.4 Å². The number of esters is 1. The molecule has 1 N–H and O–H groups in total. The molecule has 0 saturated carbocycles. The smallest absolute Gasteiger partial charge is 0.417 e. The Morgan fingerprint density at radius 3 is 2.72 bits per heavy atom. The van der Waals surface area contributed by atoms with Crippen molar-refractivity contribution in [1.29, 1.82) is 5.26 Å². The molecule has 4 rings (SSSR count). The quantitative estimate of drug-likeness (QED) is 0.649. The molecule has 0 radical (unpaired) electrons. The molecule has 1 aliphatic rings. The highest BCUT2D eigenvalue weighted by Gasteiger charge is 2.34. The van der Waals surface area contributed by atoms with Crippen molar-refractivity contribution in [3.63, 3.8) is 0 Å². The van der Waals surface area contributed by atoms with Gasteiger partial charge in [0.15, 0.2) is 0 Å². The van der Waals surface area contributed by atoms with Gasteiger partial charge in [0.25, 0.3) is 0 Å². The van der Waals surface area contributed by atoms with E-state index in [-0.39, 0.29) is 0 Å². The lowest BCUT2D eigenvalue weighted by atomic mass is 10.0. The van der Waals surface area contributed by atoms with E-state index in [0.717, 1.165) is 28.2 Å². The zero-order chi connectivity index (χ0) is 20.8. The van der Waals surface area contributed by atoms with Crippen molar-refractivity contribution in [2.24, 2.45) is 0 Å². The van der Waals surface area contributed by atoms with Crippen LogP contribution in [-0.4, -0.2) is 24.6 Å². The molecule has 29 heavy (non-hydrogen) atoms. The van der Waals surface area contributed by atoms with Crippen LogP contribution < -0.4 is 4.90 Å². The molecule has 0 bridgehead atoms. The van der Waals surface area contributed by atoms with E-state index in [1.54, 1.807) is 24.3 Å². The summed E-state index contributed by atoms with van der Waals surface area (Å²) in [5, 5.41) is 9.83. The molecule has 2 aromatic carbocycles. The number of nitriles is 1. The molecular formula is C21H16F3N3O2. The normalized spacial score (nSPS) is 13.8. The maximum absolute atomic E-state index is 13.3. The lowest BCUT2D eigenvalue weighted by Crippen LogP contribution is -2.30. The molecular weight excluding hydrogens is 383 g/mol. The second-order valence-corrected chi connectivity index (χ2v) is 6.85. The predicted molar refractivity (Wildman–Crippen MR) is 101 cm³/mol. The van der Waals surface area contributed by atoms with Gasteiger partial charge in [-0.05, 0) is 36.4 Å². The molecule has 0 amide bonds. The van der Waals surface area contributed by atoms with Gasteiger partial charge in [-0.25, -0.2) is 4.79 Å². The average molecular weight is 399 g/mol. The van der Waals surface area contributed by atoms with Gasteiger partial charge in [0, 0.05) is 47.4 Å². The average Bonchev–Trinajstić information content (AvgIpc) is 3.09. The Bertz CT molecular complexity index is 1160. The van der Waals surface area contributed by atoms with E-state index >= 15 is 0 Å². The van der Waals surface area contributed by atoms with Crippen molar-refractivity contribution in [1.82, 2.24) is 4.98 Å². The van der Waals surface area contributed by atoms with Gasteiger partial charge in [-0.1, -0.05) is 0 Å². The number of H-pyrrole nitrogens is 1. The molecule has 1 aromatic heterocycles. The standard InChI is InChI=1S/C21H16F3N3O2/c1-29-20(28)12-3-5-18-15(8-12)16-11-27(7-6-19(16)26-18)14-4-2-13(10-25)17(9-14)21(22,23)24/h2-5,8-9,26H,6-7,11H2,1H3. The summed E-state index contributed by atoms with van der Waals surface area (Å²) in [5.41, 5.74) is 2.29. The number of fused-ring (bicyclic) bond motifs is 3. The van der Waals surface area contributed by atoms with Gasteiger partial charge in [0.1, 0.15) is 0 Å². The number of carbonyl (C=O) groups excluding carboxylic acids is 1. The molecule has 0 unspecified atom stereocenters. The predicted octanol–water partition coefficient (Wildman–Crippen LogP) is 4.41. The van der Waals surface area contributed by atoms with Crippen LogP contribution in [-0.2, 0) is 23.9 Å². The Labute approximate surface area is 164 Å². The Morgan fingerprint density at radius 2 is 2.03 bits per heavy atom.